The zero-order valence-electron chi connectivity index (χ0n) is 12.8. The molecule has 4 nitrogen and oxygen atoms in total. The van der Waals surface area contributed by atoms with Crippen LogP contribution in [0.25, 0.3) is 0 Å². The van der Waals surface area contributed by atoms with E-state index < -0.39 is 0 Å². The molecule has 0 aliphatic rings. The van der Waals surface area contributed by atoms with Crippen LogP contribution >= 0.6 is 23.8 Å². The third kappa shape index (κ3) is 5.88. The van der Waals surface area contributed by atoms with Gasteiger partial charge in [-0.25, -0.2) is 0 Å². The fourth-order valence-electron chi connectivity index (χ4n) is 1.83. The second-order valence-electron chi connectivity index (χ2n) is 4.68. The predicted molar refractivity (Wildman–Crippen MR) is 99.2 cm³/mol. The molecule has 0 spiro atoms. The Bertz CT molecular complexity index is 691. The quantitative estimate of drug-likeness (QED) is 0.475. The first-order valence-electron chi connectivity index (χ1n) is 7.22. The molecule has 0 saturated carbocycles. The smallest absolute Gasteiger partial charge is 0.186 e. The molecule has 0 saturated heterocycles. The molecule has 2 aromatic carbocycles. The Morgan fingerprint density at radius 2 is 2.09 bits per heavy atom. The van der Waals surface area contributed by atoms with Crippen molar-refractivity contribution in [3.05, 3.63) is 64.7 Å². The summed E-state index contributed by atoms with van der Waals surface area (Å²) in [6, 6.07) is 15.3. The molecule has 0 fully saturated rings. The lowest BCUT2D eigenvalue weighted by Crippen LogP contribution is -2.31. The molecule has 0 unspecified atom stereocenters. The largest absolute Gasteiger partial charge is 0.489 e. The second-order valence-corrected chi connectivity index (χ2v) is 5.50. The lowest BCUT2D eigenvalue weighted by atomic mass is 10.2. The summed E-state index contributed by atoms with van der Waals surface area (Å²) in [6.07, 6.45) is 1.69. The summed E-state index contributed by atoms with van der Waals surface area (Å²) < 4.78 is 5.77. The molecule has 0 aromatic heterocycles. The number of nitrogens with zero attached hydrogens (tertiary/aromatic N) is 1. The monoisotopic (exact) mass is 347 g/mol. The molecule has 23 heavy (non-hydrogen) atoms. The van der Waals surface area contributed by atoms with Gasteiger partial charge in [0.25, 0.3) is 0 Å². The van der Waals surface area contributed by atoms with E-state index >= 15 is 0 Å². The molecule has 0 bridgehead atoms. The van der Waals surface area contributed by atoms with Crippen molar-refractivity contribution in [3.63, 3.8) is 0 Å². The van der Waals surface area contributed by atoms with Crippen LogP contribution < -0.4 is 15.5 Å². The van der Waals surface area contributed by atoms with E-state index in [2.05, 4.69) is 15.8 Å². The Balaban J connectivity index is 1.93. The molecule has 6 heteroatoms. The van der Waals surface area contributed by atoms with Crippen molar-refractivity contribution in [2.24, 2.45) is 5.10 Å². The van der Waals surface area contributed by atoms with Gasteiger partial charge in [0.1, 0.15) is 12.4 Å². The van der Waals surface area contributed by atoms with Crippen molar-refractivity contribution in [1.82, 2.24) is 10.7 Å². The standard InChI is InChI=1S/C17H18ClN3OS/c1-2-19-17(23)21-20-11-13-6-5-8-15(10-13)22-12-14-7-3-4-9-16(14)18/h3-11H,2,12H2,1H3,(H2,19,21,23)/b20-11+. The summed E-state index contributed by atoms with van der Waals surface area (Å²) >= 11 is 11.1. The van der Waals surface area contributed by atoms with E-state index in [-0.39, 0.29) is 0 Å². The van der Waals surface area contributed by atoms with Gasteiger partial charge in [0.15, 0.2) is 5.11 Å². The second kappa shape index (κ2) is 9.12. The van der Waals surface area contributed by atoms with Crippen LogP contribution in [0.1, 0.15) is 18.1 Å². The van der Waals surface area contributed by atoms with E-state index in [1.165, 1.54) is 0 Å². The minimum atomic E-state index is 0.420. The van der Waals surface area contributed by atoms with Gasteiger partial charge in [0.05, 0.1) is 6.21 Å². The molecule has 0 radical (unpaired) electrons. The van der Waals surface area contributed by atoms with Gasteiger partial charge in [-0.15, -0.1) is 0 Å². The van der Waals surface area contributed by atoms with Crippen molar-refractivity contribution in [2.45, 2.75) is 13.5 Å². The minimum Gasteiger partial charge on any atom is -0.489 e. The number of benzene rings is 2. The topological polar surface area (TPSA) is 45.7 Å². The van der Waals surface area contributed by atoms with Crippen LogP contribution in [0.2, 0.25) is 5.02 Å². The van der Waals surface area contributed by atoms with Crippen molar-refractivity contribution in [3.8, 4) is 5.75 Å². The van der Waals surface area contributed by atoms with Crippen LogP contribution in [-0.4, -0.2) is 17.9 Å². The molecule has 2 N–H and O–H groups in total. The van der Waals surface area contributed by atoms with Gasteiger partial charge in [-0.05, 0) is 42.9 Å². The summed E-state index contributed by atoms with van der Waals surface area (Å²) in [4.78, 5) is 0. The molecule has 0 aliphatic carbocycles. The number of ether oxygens (including phenoxy) is 1. The highest BCUT2D eigenvalue weighted by Gasteiger charge is 2.01. The van der Waals surface area contributed by atoms with Gasteiger partial charge in [0.2, 0.25) is 0 Å². The summed E-state index contributed by atoms with van der Waals surface area (Å²) in [5.41, 5.74) is 4.61. The first-order valence-corrected chi connectivity index (χ1v) is 8.01. The Hall–Kier alpha value is -2.11. The van der Waals surface area contributed by atoms with Crippen molar-refractivity contribution < 1.29 is 4.74 Å². The number of hydrogen-bond acceptors (Lipinski definition) is 3. The Kier molecular flexibility index (Phi) is 6.84. The van der Waals surface area contributed by atoms with Crippen LogP contribution in [0.15, 0.2) is 53.6 Å². The summed E-state index contributed by atoms with van der Waals surface area (Å²) in [5, 5.41) is 8.23. The first-order chi connectivity index (χ1) is 11.2. The fraction of sp³-hybridized carbons (Fsp3) is 0.176. The Morgan fingerprint density at radius 1 is 1.26 bits per heavy atom. The van der Waals surface area contributed by atoms with Gasteiger partial charge in [-0.2, -0.15) is 5.10 Å². The Labute approximate surface area is 146 Å². The van der Waals surface area contributed by atoms with Gasteiger partial charge >= 0.3 is 0 Å². The normalized spacial score (nSPS) is 10.5. The van der Waals surface area contributed by atoms with Crippen molar-refractivity contribution in [2.75, 3.05) is 6.54 Å². The average Bonchev–Trinajstić information content (AvgIpc) is 2.55. The first kappa shape index (κ1) is 17.2. The molecular weight excluding hydrogens is 330 g/mol. The van der Waals surface area contributed by atoms with Crippen LogP contribution in [0.4, 0.5) is 0 Å². The van der Waals surface area contributed by atoms with E-state index in [4.69, 9.17) is 28.6 Å². The maximum Gasteiger partial charge on any atom is 0.186 e. The van der Waals surface area contributed by atoms with E-state index in [0.29, 0.717) is 16.7 Å². The van der Waals surface area contributed by atoms with Gasteiger partial charge in [-0.1, -0.05) is 41.9 Å². The summed E-state index contributed by atoms with van der Waals surface area (Å²) in [7, 11) is 0. The van der Waals surface area contributed by atoms with Gasteiger partial charge in [-0.3, -0.25) is 5.43 Å². The molecule has 0 atom stereocenters. The lowest BCUT2D eigenvalue weighted by molar-refractivity contribution is 0.306. The number of thiocarbonyl (C=S) groups is 1. The highest BCUT2D eigenvalue weighted by Crippen LogP contribution is 2.19. The minimum absolute atomic E-state index is 0.420. The molecule has 0 heterocycles. The molecule has 0 amide bonds. The highest BCUT2D eigenvalue weighted by molar-refractivity contribution is 7.80. The molecular formula is C17H18ClN3OS. The number of nitrogens with one attached hydrogen (secondary N) is 2. The number of hydrazone groups is 1. The van der Waals surface area contributed by atoms with Crippen LogP contribution in [0, 0.1) is 0 Å². The zero-order chi connectivity index (χ0) is 16.5. The SMILES string of the molecule is CCNC(=S)N/N=C/c1cccc(OCc2ccccc2Cl)c1. The van der Waals surface area contributed by atoms with E-state index in [9.17, 15) is 0 Å². The third-order valence-electron chi connectivity index (χ3n) is 2.93. The summed E-state index contributed by atoms with van der Waals surface area (Å²) in [6.45, 7) is 3.15. The average molecular weight is 348 g/mol. The molecule has 2 aromatic rings. The number of halogens is 1. The van der Waals surface area contributed by atoms with E-state index in [1.807, 2.05) is 55.5 Å². The maximum atomic E-state index is 6.12. The lowest BCUT2D eigenvalue weighted by Gasteiger charge is -2.08. The Morgan fingerprint density at radius 3 is 2.87 bits per heavy atom. The number of rotatable bonds is 6. The molecule has 0 aliphatic heterocycles. The zero-order valence-corrected chi connectivity index (χ0v) is 14.3. The van der Waals surface area contributed by atoms with Crippen molar-refractivity contribution >= 4 is 35.1 Å². The predicted octanol–water partition coefficient (Wildman–Crippen LogP) is 3.74. The fourth-order valence-corrected chi connectivity index (χ4v) is 2.21. The van der Waals surface area contributed by atoms with E-state index in [0.717, 1.165) is 23.4 Å². The summed E-state index contributed by atoms with van der Waals surface area (Å²) in [5.74, 6) is 0.753. The van der Waals surface area contributed by atoms with Gasteiger partial charge < -0.3 is 10.1 Å². The molecule has 2 rings (SSSR count). The molecule has 120 valence electrons. The van der Waals surface area contributed by atoms with Crippen molar-refractivity contribution in [1.29, 1.82) is 0 Å². The van der Waals surface area contributed by atoms with E-state index in [1.54, 1.807) is 6.21 Å². The highest BCUT2D eigenvalue weighted by atomic mass is 35.5. The van der Waals surface area contributed by atoms with Crippen LogP contribution in [0.5, 0.6) is 5.75 Å². The van der Waals surface area contributed by atoms with Crippen LogP contribution in [0.3, 0.4) is 0 Å². The number of hydrogen-bond donors (Lipinski definition) is 2. The third-order valence-corrected chi connectivity index (χ3v) is 3.53. The van der Waals surface area contributed by atoms with Crippen LogP contribution in [-0.2, 0) is 6.61 Å². The maximum absolute atomic E-state index is 6.12. The van der Waals surface area contributed by atoms with Gasteiger partial charge in [0, 0.05) is 17.1 Å².